The van der Waals surface area contributed by atoms with Crippen molar-refractivity contribution in [2.45, 2.75) is 23.7 Å². The van der Waals surface area contributed by atoms with Crippen molar-refractivity contribution in [1.82, 2.24) is 9.97 Å². The number of halogens is 1. The van der Waals surface area contributed by atoms with Crippen LogP contribution in [0.5, 0.6) is 5.75 Å². The number of rotatable bonds is 3. The minimum absolute atomic E-state index is 0.296. The Balaban J connectivity index is 1.70. The summed E-state index contributed by atoms with van der Waals surface area (Å²) in [7, 11) is 0. The number of hydrogen-bond acceptors (Lipinski definition) is 7. The zero-order valence-electron chi connectivity index (χ0n) is 11.9. The van der Waals surface area contributed by atoms with Crippen molar-refractivity contribution in [2.75, 3.05) is 5.75 Å². The number of aromatic nitrogens is 2. The fraction of sp³-hybridized carbons (Fsp3) is 0.333. The number of ether oxygens (including phenoxy) is 1. The molecule has 1 fully saturated rings. The van der Waals surface area contributed by atoms with E-state index in [2.05, 4.69) is 9.97 Å². The van der Waals surface area contributed by atoms with Gasteiger partial charge in [0.2, 0.25) is 0 Å². The summed E-state index contributed by atoms with van der Waals surface area (Å²) in [6.45, 7) is 0. The topological polar surface area (TPSA) is 95.7 Å². The minimum Gasteiger partial charge on any atom is -0.475 e. The van der Waals surface area contributed by atoms with Crippen molar-refractivity contribution in [1.29, 1.82) is 0 Å². The Labute approximate surface area is 142 Å². The number of thioether (sulfide) groups is 1. The molecule has 3 heterocycles. The quantitative estimate of drug-likeness (QED) is 0.715. The molecule has 6 nitrogen and oxygen atoms in total. The van der Waals surface area contributed by atoms with Gasteiger partial charge in [-0.2, -0.15) is 0 Å². The zero-order valence-corrected chi connectivity index (χ0v) is 13.5. The molecule has 0 aromatic carbocycles. The van der Waals surface area contributed by atoms with Gasteiger partial charge in [-0.15, -0.1) is 11.8 Å². The second-order valence-electron chi connectivity index (χ2n) is 5.11. The van der Waals surface area contributed by atoms with E-state index in [0.29, 0.717) is 22.3 Å². The minimum atomic E-state index is -1.22. The lowest BCUT2D eigenvalue weighted by Crippen LogP contribution is -2.50. The van der Waals surface area contributed by atoms with Crippen LogP contribution in [0.1, 0.15) is 0 Å². The van der Waals surface area contributed by atoms with Crippen LogP contribution in [0.25, 0.3) is 11.3 Å². The van der Waals surface area contributed by atoms with E-state index in [0.717, 1.165) is 5.56 Å². The van der Waals surface area contributed by atoms with Gasteiger partial charge < -0.3 is 20.1 Å². The number of nitrogens with zero attached hydrogens (tertiary/aromatic N) is 2. The summed E-state index contributed by atoms with van der Waals surface area (Å²) in [5.41, 5.74) is 0.896. The van der Waals surface area contributed by atoms with Crippen LogP contribution in [0.2, 0.25) is 5.15 Å². The second-order valence-corrected chi connectivity index (χ2v) is 6.63. The SMILES string of the molecule is O[C@@H]1[C@@H](O)[C@H](Oc2ccc(-c3ccnc(Cl)c3)nc2)SC[C@H]1O. The van der Waals surface area contributed by atoms with Crippen molar-refractivity contribution in [2.24, 2.45) is 0 Å². The summed E-state index contributed by atoms with van der Waals surface area (Å²) >= 11 is 7.10. The summed E-state index contributed by atoms with van der Waals surface area (Å²) < 4.78 is 5.64. The maximum Gasteiger partial charge on any atom is 0.173 e. The van der Waals surface area contributed by atoms with Gasteiger partial charge in [0.05, 0.1) is 18.0 Å². The van der Waals surface area contributed by atoms with E-state index in [4.69, 9.17) is 16.3 Å². The Morgan fingerprint density at radius 1 is 1.13 bits per heavy atom. The van der Waals surface area contributed by atoms with Crippen molar-refractivity contribution < 1.29 is 20.1 Å². The molecular formula is C15H15ClN2O4S. The number of hydrogen-bond donors (Lipinski definition) is 3. The zero-order chi connectivity index (χ0) is 16.4. The molecule has 122 valence electrons. The molecule has 0 saturated carbocycles. The molecule has 0 bridgehead atoms. The maximum absolute atomic E-state index is 9.93. The van der Waals surface area contributed by atoms with Gasteiger partial charge >= 0.3 is 0 Å². The van der Waals surface area contributed by atoms with Crippen LogP contribution in [-0.2, 0) is 0 Å². The van der Waals surface area contributed by atoms with Gasteiger partial charge in [-0.05, 0) is 24.3 Å². The van der Waals surface area contributed by atoms with Gasteiger partial charge in [0.1, 0.15) is 23.1 Å². The molecule has 1 aliphatic heterocycles. The summed E-state index contributed by atoms with van der Waals surface area (Å²) in [6, 6.07) is 7.00. The molecule has 0 unspecified atom stereocenters. The van der Waals surface area contributed by atoms with Gasteiger partial charge in [0.15, 0.2) is 5.44 Å². The van der Waals surface area contributed by atoms with Crippen LogP contribution >= 0.6 is 23.4 Å². The van der Waals surface area contributed by atoms with Gasteiger partial charge in [-0.25, -0.2) is 4.98 Å². The molecule has 3 rings (SSSR count). The Hall–Kier alpha value is -1.38. The average Bonchev–Trinajstić information content (AvgIpc) is 2.56. The molecule has 1 saturated heterocycles. The largest absolute Gasteiger partial charge is 0.475 e. The monoisotopic (exact) mass is 354 g/mol. The third-order valence-electron chi connectivity index (χ3n) is 3.47. The maximum atomic E-state index is 9.93. The molecule has 2 aromatic heterocycles. The van der Waals surface area contributed by atoms with Gasteiger partial charge in [-0.1, -0.05) is 11.6 Å². The Bertz CT molecular complexity index is 673. The van der Waals surface area contributed by atoms with Crippen LogP contribution in [0, 0.1) is 0 Å². The molecule has 4 atom stereocenters. The van der Waals surface area contributed by atoms with E-state index in [-0.39, 0.29) is 0 Å². The Morgan fingerprint density at radius 3 is 2.65 bits per heavy atom. The van der Waals surface area contributed by atoms with Crippen LogP contribution in [-0.4, -0.2) is 54.8 Å². The third-order valence-corrected chi connectivity index (χ3v) is 4.91. The summed E-state index contributed by atoms with van der Waals surface area (Å²) in [5, 5.41) is 29.5. The van der Waals surface area contributed by atoms with E-state index >= 15 is 0 Å². The van der Waals surface area contributed by atoms with E-state index < -0.39 is 23.7 Å². The van der Waals surface area contributed by atoms with E-state index in [1.807, 2.05) is 0 Å². The average molecular weight is 355 g/mol. The first-order valence-corrected chi connectivity index (χ1v) is 8.38. The van der Waals surface area contributed by atoms with Gasteiger partial charge in [0.25, 0.3) is 0 Å². The number of aliphatic hydroxyl groups is 3. The van der Waals surface area contributed by atoms with E-state index in [1.165, 1.54) is 18.0 Å². The van der Waals surface area contributed by atoms with Crippen LogP contribution in [0.15, 0.2) is 36.7 Å². The van der Waals surface area contributed by atoms with Crippen LogP contribution in [0.4, 0.5) is 0 Å². The van der Waals surface area contributed by atoms with Crippen molar-refractivity contribution in [3.63, 3.8) is 0 Å². The smallest absolute Gasteiger partial charge is 0.173 e. The number of pyridine rings is 2. The number of aliphatic hydroxyl groups excluding tert-OH is 3. The van der Waals surface area contributed by atoms with E-state index in [1.54, 1.807) is 30.5 Å². The Morgan fingerprint density at radius 2 is 1.96 bits per heavy atom. The highest BCUT2D eigenvalue weighted by Gasteiger charge is 2.38. The predicted octanol–water partition coefficient (Wildman–Crippen LogP) is 1.33. The third kappa shape index (κ3) is 3.76. The summed E-state index contributed by atoms with van der Waals surface area (Å²) in [5.74, 6) is 0.762. The second kappa shape index (κ2) is 7.02. The summed E-state index contributed by atoms with van der Waals surface area (Å²) in [6.07, 6.45) is -0.193. The van der Waals surface area contributed by atoms with Crippen LogP contribution in [0.3, 0.4) is 0 Å². The molecule has 2 aromatic rings. The summed E-state index contributed by atoms with van der Waals surface area (Å²) in [4.78, 5) is 8.22. The lowest BCUT2D eigenvalue weighted by Gasteiger charge is -2.34. The van der Waals surface area contributed by atoms with Gasteiger partial charge in [0, 0.05) is 17.5 Å². The highest BCUT2D eigenvalue weighted by atomic mass is 35.5. The molecular weight excluding hydrogens is 340 g/mol. The lowest BCUT2D eigenvalue weighted by molar-refractivity contribution is -0.0786. The molecule has 3 N–H and O–H groups in total. The predicted molar refractivity (Wildman–Crippen MR) is 87.4 cm³/mol. The van der Waals surface area contributed by atoms with Crippen LogP contribution < -0.4 is 4.74 Å². The molecule has 0 radical (unpaired) electrons. The molecule has 1 aliphatic rings. The molecule has 23 heavy (non-hydrogen) atoms. The first-order chi connectivity index (χ1) is 11.0. The molecule has 0 aliphatic carbocycles. The molecule has 0 spiro atoms. The highest BCUT2D eigenvalue weighted by Crippen LogP contribution is 2.29. The fourth-order valence-corrected chi connectivity index (χ4v) is 3.49. The fourth-order valence-electron chi connectivity index (χ4n) is 2.20. The van der Waals surface area contributed by atoms with Crippen molar-refractivity contribution >= 4 is 23.4 Å². The molecule has 8 heteroatoms. The first-order valence-electron chi connectivity index (χ1n) is 6.95. The van der Waals surface area contributed by atoms with Crippen molar-refractivity contribution in [3.05, 3.63) is 41.8 Å². The van der Waals surface area contributed by atoms with E-state index in [9.17, 15) is 15.3 Å². The Kier molecular flexibility index (Phi) is 5.03. The standard InChI is InChI=1S/C15H15ClN2O4S/c16-12-5-8(3-4-17-12)10-2-1-9(6-18-10)22-15-14(21)13(20)11(19)7-23-15/h1-6,11,13-15,19-21H,7H2/t11-,13+,14-,15-/m1/s1. The van der Waals surface area contributed by atoms with Crippen molar-refractivity contribution in [3.8, 4) is 17.0 Å². The normalized spacial score (nSPS) is 27.7. The molecule has 0 amide bonds. The first kappa shape index (κ1) is 16.5. The van der Waals surface area contributed by atoms with Gasteiger partial charge in [-0.3, -0.25) is 4.98 Å². The highest BCUT2D eigenvalue weighted by molar-refractivity contribution is 7.99. The lowest BCUT2D eigenvalue weighted by atomic mass is 10.1.